The van der Waals surface area contributed by atoms with E-state index in [2.05, 4.69) is 39.8 Å². The summed E-state index contributed by atoms with van der Waals surface area (Å²) in [5.41, 5.74) is 1.43. The van der Waals surface area contributed by atoms with Crippen LogP contribution >= 0.6 is 0 Å². The molecular weight excluding hydrogens is 284 g/mol. The minimum absolute atomic E-state index is 0.0670. The van der Waals surface area contributed by atoms with Gasteiger partial charge in [-0.25, -0.2) is 0 Å². The zero-order valence-corrected chi connectivity index (χ0v) is 14.7. The van der Waals surface area contributed by atoms with Gasteiger partial charge in [0.1, 0.15) is 11.5 Å². The molecule has 2 aromatic rings. The van der Waals surface area contributed by atoms with Crippen LogP contribution in [0.3, 0.4) is 0 Å². The highest BCUT2D eigenvalue weighted by molar-refractivity contribution is 5.51. The van der Waals surface area contributed by atoms with Crippen LogP contribution in [-0.2, 0) is 5.41 Å². The van der Waals surface area contributed by atoms with Gasteiger partial charge in [-0.05, 0) is 29.0 Å². The van der Waals surface area contributed by atoms with Gasteiger partial charge >= 0.3 is 0 Å². The molecule has 3 rings (SSSR count). The summed E-state index contributed by atoms with van der Waals surface area (Å²) < 4.78 is 11.9. The van der Waals surface area contributed by atoms with Gasteiger partial charge in [-0.15, -0.1) is 0 Å². The first-order chi connectivity index (χ1) is 10.9. The Bertz CT molecular complexity index is 672. The van der Waals surface area contributed by atoms with E-state index < -0.39 is 0 Å². The van der Waals surface area contributed by atoms with E-state index in [1.807, 2.05) is 42.5 Å². The largest absolute Gasteiger partial charge is 0.496 e. The number of ether oxygens (including phenoxy) is 2. The van der Waals surface area contributed by atoms with E-state index in [4.69, 9.17) is 9.47 Å². The highest BCUT2D eigenvalue weighted by Crippen LogP contribution is 2.78. The van der Waals surface area contributed by atoms with Crippen LogP contribution in [0.25, 0.3) is 0 Å². The Kier molecular flexibility index (Phi) is 3.66. The summed E-state index contributed by atoms with van der Waals surface area (Å²) in [5.74, 6) is 1.86. The molecule has 0 aliphatic heterocycles. The van der Waals surface area contributed by atoms with Crippen LogP contribution < -0.4 is 9.47 Å². The standard InChI is InChI=1S/C21H26O2/c1-19(2)20(3,4)21(19,15-23-16-11-7-6-8-12-16)17-13-9-10-14-18(17)22-5/h6-14H,15H2,1-5H3. The molecule has 0 atom stereocenters. The fraction of sp³-hybridized carbons (Fsp3) is 0.429. The highest BCUT2D eigenvalue weighted by Gasteiger charge is 2.78. The highest BCUT2D eigenvalue weighted by atomic mass is 16.5. The van der Waals surface area contributed by atoms with E-state index in [1.54, 1.807) is 7.11 Å². The van der Waals surface area contributed by atoms with Gasteiger partial charge in [0.15, 0.2) is 0 Å². The lowest BCUT2D eigenvalue weighted by Crippen LogP contribution is -2.26. The summed E-state index contributed by atoms with van der Waals surface area (Å²) >= 11 is 0. The molecule has 0 unspecified atom stereocenters. The molecule has 122 valence electrons. The van der Waals surface area contributed by atoms with Crippen LogP contribution in [0, 0.1) is 10.8 Å². The fourth-order valence-corrected chi connectivity index (χ4v) is 4.25. The average molecular weight is 310 g/mol. The van der Waals surface area contributed by atoms with E-state index in [9.17, 15) is 0 Å². The number of methoxy groups -OCH3 is 1. The molecule has 0 spiro atoms. The number of hydrogen-bond acceptors (Lipinski definition) is 2. The third-order valence-corrected chi connectivity index (χ3v) is 6.40. The fourth-order valence-electron chi connectivity index (χ4n) is 4.25. The SMILES string of the molecule is COc1ccccc1C1(COc2ccccc2)C(C)(C)C1(C)C. The lowest BCUT2D eigenvalue weighted by molar-refractivity contribution is 0.239. The zero-order chi connectivity index (χ0) is 16.7. The van der Waals surface area contributed by atoms with Crippen LogP contribution in [0.5, 0.6) is 11.5 Å². The second kappa shape index (κ2) is 5.30. The molecule has 0 N–H and O–H groups in total. The summed E-state index contributed by atoms with van der Waals surface area (Å²) in [4.78, 5) is 0. The van der Waals surface area contributed by atoms with Gasteiger partial charge in [-0.3, -0.25) is 0 Å². The van der Waals surface area contributed by atoms with E-state index >= 15 is 0 Å². The van der Waals surface area contributed by atoms with Gasteiger partial charge in [-0.2, -0.15) is 0 Å². The lowest BCUT2D eigenvalue weighted by atomic mass is 9.86. The van der Waals surface area contributed by atoms with Crippen molar-refractivity contribution in [2.24, 2.45) is 10.8 Å². The number of para-hydroxylation sites is 2. The molecule has 23 heavy (non-hydrogen) atoms. The van der Waals surface area contributed by atoms with E-state index in [1.165, 1.54) is 5.56 Å². The maximum absolute atomic E-state index is 6.20. The molecule has 0 saturated heterocycles. The van der Waals surface area contributed by atoms with Gasteiger partial charge in [0, 0.05) is 11.0 Å². The molecule has 0 heterocycles. The molecule has 0 aromatic heterocycles. The Balaban J connectivity index is 2.01. The normalized spacial score (nSPS) is 19.9. The van der Waals surface area contributed by atoms with Crippen molar-refractivity contribution in [1.82, 2.24) is 0 Å². The first kappa shape index (κ1) is 15.9. The van der Waals surface area contributed by atoms with E-state index in [-0.39, 0.29) is 16.2 Å². The molecule has 0 amide bonds. The monoisotopic (exact) mass is 310 g/mol. The van der Waals surface area contributed by atoms with Crippen LogP contribution in [0.1, 0.15) is 33.3 Å². The topological polar surface area (TPSA) is 18.5 Å². The van der Waals surface area contributed by atoms with Gasteiger partial charge < -0.3 is 9.47 Å². The van der Waals surface area contributed by atoms with Crippen molar-refractivity contribution < 1.29 is 9.47 Å². The Morgan fingerprint density at radius 2 is 1.35 bits per heavy atom. The molecule has 0 radical (unpaired) electrons. The van der Waals surface area contributed by atoms with Gasteiger partial charge in [-0.1, -0.05) is 64.1 Å². The van der Waals surface area contributed by atoms with Gasteiger partial charge in [0.25, 0.3) is 0 Å². The van der Waals surface area contributed by atoms with Crippen molar-refractivity contribution in [3.05, 3.63) is 60.2 Å². The first-order valence-corrected chi connectivity index (χ1v) is 8.20. The summed E-state index contributed by atoms with van der Waals surface area (Å²) in [6, 6.07) is 18.4. The second-order valence-electron chi connectivity index (χ2n) is 7.46. The average Bonchev–Trinajstić information content (AvgIpc) is 2.91. The predicted molar refractivity (Wildman–Crippen MR) is 94.2 cm³/mol. The number of benzene rings is 2. The smallest absolute Gasteiger partial charge is 0.122 e. The Hall–Kier alpha value is -1.96. The van der Waals surface area contributed by atoms with Crippen molar-refractivity contribution in [2.75, 3.05) is 13.7 Å². The minimum atomic E-state index is -0.0670. The quantitative estimate of drug-likeness (QED) is 0.767. The van der Waals surface area contributed by atoms with Crippen LogP contribution in [0.4, 0.5) is 0 Å². The number of hydrogen-bond donors (Lipinski definition) is 0. The molecule has 1 aliphatic rings. The lowest BCUT2D eigenvalue weighted by Gasteiger charge is -2.25. The van der Waals surface area contributed by atoms with E-state index in [0.29, 0.717) is 6.61 Å². The molecular formula is C21H26O2. The molecule has 1 aliphatic carbocycles. The van der Waals surface area contributed by atoms with Crippen molar-refractivity contribution in [2.45, 2.75) is 33.1 Å². The Labute approximate surface area is 139 Å². The maximum atomic E-state index is 6.20. The second-order valence-corrected chi connectivity index (χ2v) is 7.46. The third-order valence-electron chi connectivity index (χ3n) is 6.40. The zero-order valence-electron chi connectivity index (χ0n) is 14.7. The molecule has 0 bridgehead atoms. The Morgan fingerprint density at radius 1 is 0.783 bits per heavy atom. The van der Waals surface area contributed by atoms with E-state index in [0.717, 1.165) is 11.5 Å². The van der Waals surface area contributed by atoms with Crippen LogP contribution in [-0.4, -0.2) is 13.7 Å². The van der Waals surface area contributed by atoms with Crippen LogP contribution in [0.2, 0.25) is 0 Å². The molecule has 2 nitrogen and oxygen atoms in total. The van der Waals surface area contributed by atoms with Crippen molar-refractivity contribution in [1.29, 1.82) is 0 Å². The summed E-state index contributed by atoms with van der Waals surface area (Å²) in [6.45, 7) is 9.96. The summed E-state index contributed by atoms with van der Waals surface area (Å²) in [5, 5.41) is 0. The van der Waals surface area contributed by atoms with Crippen molar-refractivity contribution in [3.63, 3.8) is 0 Å². The van der Waals surface area contributed by atoms with Gasteiger partial charge in [0.05, 0.1) is 13.7 Å². The van der Waals surface area contributed by atoms with Crippen molar-refractivity contribution >= 4 is 0 Å². The summed E-state index contributed by atoms with van der Waals surface area (Å²) in [7, 11) is 1.74. The molecule has 1 fully saturated rings. The number of rotatable bonds is 5. The van der Waals surface area contributed by atoms with Crippen molar-refractivity contribution in [3.8, 4) is 11.5 Å². The molecule has 2 aromatic carbocycles. The third kappa shape index (κ3) is 2.08. The first-order valence-electron chi connectivity index (χ1n) is 8.20. The summed E-state index contributed by atoms with van der Waals surface area (Å²) in [6.07, 6.45) is 0. The Morgan fingerprint density at radius 3 is 1.91 bits per heavy atom. The molecule has 2 heteroatoms. The minimum Gasteiger partial charge on any atom is -0.496 e. The van der Waals surface area contributed by atoms with Gasteiger partial charge in [0.2, 0.25) is 0 Å². The predicted octanol–water partition coefficient (Wildman–Crippen LogP) is 5.08. The molecule has 1 saturated carbocycles. The van der Waals surface area contributed by atoms with Crippen LogP contribution in [0.15, 0.2) is 54.6 Å². The maximum Gasteiger partial charge on any atom is 0.122 e.